The van der Waals surface area contributed by atoms with Crippen molar-refractivity contribution in [2.75, 3.05) is 26.4 Å². The molecule has 0 aliphatic heterocycles. The Hall–Kier alpha value is -0.820. The van der Waals surface area contributed by atoms with Gasteiger partial charge in [0.15, 0.2) is 6.29 Å². The van der Waals surface area contributed by atoms with E-state index < -0.39 is 0 Å². The first kappa shape index (κ1) is 31.5. The second-order valence-corrected chi connectivity index (χ2v) is 2.58. The number of ether oxygens (including phenoxy) is 2. The Morgan fingerprint density at radius 2 is 1.00 bits per heavy atom. The molecule has 0 fully saturated rings. The highest BCUT2D eigenvalue weighted by atomic mass is 16.7. The zero-order valence-electron chi connectivity index (χ0n) is 14.1. The van der Waals surface area contributed by atoms with Gasteiger partial charge in [-0.25, -0.2) is 0 Å². The van der Waals surface area contributed by atoms with E-state index in [9.17, 15) is 0 Å². The molecule has 0 heterocycles. The van der Waals surface area contributed by atoms with Crippen LogP contribution >= 0.6 is 0 Å². The molecule has 0 saturated heterocycles. The summed E-state index contributed by atoms with van der Waals surface area (Å²) in [6.07, 6.45) is 1.46. The van der Waals surface area contributed by atoms with E-state index in [1.165, 1.54) is 13.8 Å². The van der Waals surface area contributed by atoms with Crippen LogP contribution < -0.4 is 0 Å². The lowest BCUT2D eigenvalue weighted by Gasteiger charge is -2.09. The van der Waals surface area contributed by atoms with Crippen LogP contribution in [0.2, 0.25) is 0 Å². The molecular weight excluding hydrogens is 264 g/mol. The van der Waals surface area contributed by atoms with Crippen molar-refractivity contribution < 1.29 is 29.3 Å². The summed E-state index contributed by atoms with van der Waals surface area (Å²) >= 11 is 0. The average molecular weight is 298 g/mol. The van der Waals surface area contributed by atoms with Crippen molar-refractivity contribution in [1.82, 2.24) is 0 Å². The second kappa shape index (κ2) is 51.8. The fourth-order valence-electron chi connectivity index (χ4n) is 0.518. The Morgan fingerprint density at radius 3 is 1.10 bits per heavy atom. The zero-order chi connectivity index (χ0) is 17.2. The van der Waals surface area contributed by atoms with Crippen molar-refractivity contribution in [3.8, 4) is 0 Å². The molecule has 6 heteroatoms. The fourth-order valence-corrected chi connectivity index (χ4v) is 0.518. The van der Waals surface area contributed by atoms with Gasteiger partial charge < -0.3 is 29.3 Å². The summed E-state index contributed by atoms with van der Waals surface area (Å²) in [7, 11) is 0. The lowest BCUT2D eigenvalue weighted by Crippen LogP contribution is -2.11. The topological polar surface area (TPSA) is 93.1 Å². The predicted octanol–water partition coefficient (Wildman–Crippen LogP) is 1.81. The largest absolute Gasteiger partial charge is 0.397 e. The molecule has 0 rings (SSSR count). The summed E-state index contributed by atoms with van der Waals surface area (Å²) in [5.41, 5.74) is 0. The number of hydrogen-bond donors (Lipinski definition) is 2. The van der Waals surface area contributed by atoms with E-state index in [2.05, 4.69) is 0 Å². The summed E-state index contributed by atoms with van der Waals surface area (Å²) in [5.74, 6) is 0. The van der Waals surface area contributed by atoms with Crippen molar-refractivity contribution >= 4 is 12.6 Å². The molecule has 2 N–H and O–H groups in total. The molecule has 0 aliphatic carbocycles. The SMILES string of the molecule is CC=O.CC=O.CCO.CCO.CCOC(C)OCC. The molecule has 0 amide bonds. The van der Waals surface area contributed by atoms with Gasteiger partial charge in [-0.1, -0.05) is 0 Å². The van der Waals surface area contributed by atoms with Gasteiger partial charge in [-0.15, -0.1) is 0 Å². The van der Waals surface area contributed by atoms with Crippen LogP contribution in [-0.4, -0.2) is 55.5 Å². The quantitative estimate of drug-likeness (QED) is 0.607. The first-order chi connectivity index (χ1) is 9.46. The molecule has 0 radical (unpaired) electrons. The van der Waals surface area contributed by atoms with E-state index in [-0.39, 0.29) is 19.5 Å². The predicted molar refractivity (Wildman–Crippen MR) is 81.7 cm³/mol. The third-order valence-corrected chi connectivity index (χ3v) is 0.803. The number of aliphatic hydroxyl groups is 2. The van der Waals surface area contributed by atoms with E-state index in [0.29, 0.717) is 0 Å². The van der Waals surface area contributed by atoms with Crippen LogP contribution in [0.1, 0.15) is 48.5 Å². The molecule has 0 aromatic carbocycles. The van der Waals surface area contributed by atoms with Gasteiger partial charge in [-0.2, -0.15) is 0 Å². The highest BCUT2D eigenvalue weighted by Crippen LogP contribution is 1.90. The maximum Gasteiger partial charge on any atom is 0.154 e. The number of rotatable bonds is 4. The van der Waals surface area contributed by atoms with Crippen LogP contribution in [0.4, 0.5) is 0 Å². The Kier molecular flexibility index (Phi) is 81.6. The molecule has 0 atom stereocenters. The van der Waals surface area contributed by atoms with Crippen LogP contribution in [0.3, 0.4) is 0 Å². The number of aliphatic hydroxyl groups excluding tert-OH is 2. The first-order valence-electron chi connectivity index (χ1n) is 6.71. The Balaban J connectivity index is -0.0000000527. The number of carbonyl (C=O) groups excluding carboxylic acids is 2. The van der Waals surface area contributed by atoms with Crippen molar-refractivity contribution in [2.24, 2.45) is 0 Å². The summed E-state index contributed by atoms with van der Waals surface area (Å²) in [6, 6.07) is 0. The van der Waals surface area contributed by atoms with Crippen LogP contribution in [-0.2, 0) is 19.1 Å². The van der Waals surface area contributed by atoms with Crippen LogP contribution in [0, 0.1) is 0 Å². The smallest absolute Gasteiger partial charge is 0.154 e. The van der Waals surface area contributed by atoms with Gasteiger partial charge in [0.25, 0.3) is 0 Å². The number of carbonyl (C=O) groups is 2. The lowest BCUT2D eigenvalue weighted by molar-refractivity contribution is -0.123. The van der Waals surface area contributed by atoms with Gasteiger partial charge in [0, 0.05) is 26.4 Å². The molecule has 0 aromatic heterocycles. The van der Waals surface area contributed by atoms with E-state index in [1.807, 2.05) is 20.8 Å². The van der Waals surface area contributed by atoms with Gasteiger partial charge in [0.1, 0.15) is 12.6 Å². The molecule has 0 bridgehead atoms. The van der Waals surface area contributed by atoms with Crippen molar-refractivity contribution in [3.05, 3.63) is 0 Å². The maximum atomic E-state index is 8.81. The third kappa shape index (κ3) is 168. The van der Waals surface area contributed by atoms with Gasteiger partial charge in [0.2, 0.25) is 0 Å². The van der Waals surface area contributed by atoms with Crippen LogP contribution in [0.25, 0.3) is 0 Å². The third-order valence-electron chi connectivity index (χ3n) is 0.803. The number of hydrogen-bond acceptors (Lipinski definition) is 6. The van der Waals surface area contributed by atoms with Crippen molar-refractivity contribution in [2.45, 2.75) is 54.8 Å². The maximum absolute atomic E-state index is 8.81. The van der Waals surface area contributed by atoms with E-state index >= 15 is 0 Å². The summed E-state index contributed by atoms with van der Waals surface area (Å²) in [6.45, 7) is 14.0. The molecule has 0 spiro atoms. The number of aldehydes is 2. The highest BCUT2D eigenvalue weighted by molar-refractivity contribution is 5.44. The Morgan fingerprint density at radius 1 is 0.850 bits per heavy atom. The Bertz CT molecular complexity index is 117. The molecule has 0 aliphatic rings. The molecule has 126 valence electrons. The molecular formula is C14H34O6. The van der Waals surface area contributed by atoms with Gasteiger partial charge >= 0.3 is 0 Å². The standard InChI is InChI=1S/C6H14O2.2C2H6O.2C2H4O/c1-4-7-6(3)8-5-2;4*1-2-3/h6H,4-5H2,1-3H3;2*3H,2H2,1H3;2*2H,1H3. The monoisotopic (exact) mass is 298 g/mol. The molecule has 6 nitrogen and oxygen atoms in total. The minimum Gasteiger partial charge on any atom is -0.397 e. The van der Waals surface area contributed by atoms with Crippen molar-refractivity contribution in [1.29, 1.82) is 0 Å². The fraction of sp³-hybridized carbons (Fsp3) is 0.857. The van der Waals surface area contributed by atoms with Crippen molar-refractivity contribution in [3.63, 3.8) is 0 Å². The summed E-state index contributed by atoms with van der Waals surface area (Å²) in [5, 5.41) is 15.1. The van der Waals surface area contributed by atoms with E-state index in [1.54, 1.807) is 13.8 Å². The normalized spacial score (nSPS) is 7.30. The molecule has 0 aromatic rings. The van der Waals surface area contributed by atoms with Gasteiger partial charge in [-0.3, -0.25) is 0 Å². The van der Waals surface area contributed by atoms with Gasteiger partial charge in [-0.05, 0) is 48.5 Å². The van der Waals surface area contributed by atoms with Crippen LogP contribution in [0.5, 0.6) is 0 Å². The summed E-state index contributed by atoms with van der Waals surface area (Å²) < 4.78 is 10.1. The minimum absolute atomic E-state index is 0.0370. The van der Waals surface area contributed by atoms with E-state index in [4.69, 9.17) is 29.3 Å². The molecule has 0 unspecified atom stereocenters. The highest BCUT2D eigenvalue weighted by Gasteiger charge is 1.94. The molecule has 20 heavy (non-hydrogen) atoms. The zero-order valence-corrected chi connectivity index (χ0v) is 14.1. The van der Waals surface area contributed by atoms with E-state index in [0.717, 1.165) is 25.8 Å². The summed E-state index contributed by atoms with van der Waals surface area (Å²) in [4.78, 5) is 17.6. The first-order valence-corrected chi connectivity index (χ1v) is 6.71. The average Bonchev–Trinajstić information content (AvgIpc) is 2.33. The van der Waals surface area contributed by atoms with Gasteiger partial charge in [0.05, 0.1) is 0 Å². The second-order valence-electron chi connectivity index (χ2n) is 2.58. The lowest BCUT2D eigenvalue weighted by atomic mass is 10.7. The minimum atomic E-state index is -0.0370. The molecule has 0 saturated carbocycles. The van der Waals surface area contributed by atoms with Crippen LogP contribution in [0.15, 0.2) is 0 Å². The Labute approximate surface area is 124 Å².